The zero-order valence-corrected chi connectivity index (χ0v) is 10.1. The van der Waals surface area contributed by atoms with E-state index in [4.69, 9.17) is 5.41 Å². The van der Waals surface area contributed by atoms with Crippen molar-refractivity contribution in [3.05, 3.63) is 0 Å². The maximum absolute atomic E-state index is 7.73. The van der Waals surface area contributed by atoms with Gasteiger partial charge in [-0.05, 0) is 18.8 Å². The van der Waals surface area contributed by atoms with E-state index in [2.05, 4.69) is 34.6 Å². The lowest BCUT2D eigenvalue weighted by molar-refractivity contribution is 0.208. The van der Waals surface area contributed by atoms with Crippen molar-refractivity contribution in [2.24, 2.45) is 10.8 Å². The largest absolute Gasteiger partial charge is 0.309 e. The summed E-state index contributed by atoms with van der Waals surface area (Å²) in [4.78, 5) is 0. The topological polar surface area (TPSA) is 23.9 Å². The summed E-state index contributed by atoms with van der Waals surface area (Å²) in [6.45, 7) is 13.1. The third-order valence-corrected chi connectivity index (χ3v) is 3.59. The molecule has 1 heteroatoms. The molecule has 0 amide bonds. The minimum absolute atomic E-state index is 0.0702. The van der Waals surface area contributed by atoms with Crippen LogP contribution in [0.4, 0.5) is 0 Å². The van der Waals surface area contributed by atoms with Crippen LogP contribution in [0.3, 0.4) is 0 Å². The lowest BCUT2D eigenvalue weighted by Crippen LogP contribution is -2.29. The monoisotopic (exact) mass is 183 g/mol. The molecule has 0 unspecified atom stereocenters. The summed E-state index contributed by atoms with van der Waals surface area (Å²) in [5.74, 6) is 0. The second kappa shape index (κ2) is 4.26. The Hall–Kier alpha value is -0.330. The average Bonchev–Trinajstić information content (AvgIpc) is 2.03. The first-order valence-electron chi connectivity index (χ1n) is 5.33. The molecule has 1 nitrogen and oxygen atoms in total. The van der Waals surface area contributed by atoms with Crippen molar-refractivity contribution in [3.63, 3.8) is 0 Å². The van der Waals surface area contributed by atoms with Crippen LogP contribution in [0.15, 0.2) is 0 Å². The van der Waals surface area contributed by atoms with Gasteiger partial charge in [0.15, 0.2) is 0 Å². The number of hydrogen-bond acceptors (Lipinski definition) is 1. The Morgan fingerprint density at radius 3 is 1.69 bits per heavy atom. The number of nitrogens with one attached hydrogen (secondary N) is 1. The maximum Gasteiger partial charge on any atom is 0.0115 e. The maximum atomic E-state index is 7.73. The van der Waals surface area contributed by atoms with Gasteiger partial charge in [-0.2, -0.15) is 0 Å². The third kappa shape index (κ3) is 3.50. The molecule has 78 valence electrons. The van der Waals surface area contributed by atoms with Crippen molar-refractivity contribution < 1.29 is 0 Å². The highest BCUT2D eigenvalue weighted by molar-refractivity contribution is 5.84. The fraction of sp³-hybridized carbons (Fsp3) is 0.917. The van der Waals surface area contributed by atoms with E-state index < -0.39 is 0 Å². The van der Waals surface area contributed by atoms with Crippen LogP contribution < -0.4 is 0 Å². The van der Waals surface area contributed by atoms with Crippen molar-refractivity contribution >= 4 is 5.71 Å². The van der Waals surface area contributed by atoms with E-state index in [0.717, 1.165) is 12.1 Å². The van der Waals surface area contributed by atoms with Crippen LogP contribution >= 0.6 is 0 Å². The first kappa shape index (κ1) is 12.7. The zero-order valence-electron chi connectivity index (χ0n) is 10.1. The molecule has 13 heavy (non-hydrogen) atoms. The molecule has 0 rings (SSSR count). The van der Waals surface area contributed by atoms with Crippen LogP contribution in [0.25, 0.3) is 0 Å². The standard InChI is InChI=1S/C12H25N/c1-7-12(6,8-2)9-11(4,5)10(3)13/h13H,7-9H2,1-6H3. The van der Waals surface area contributed by atoms with Crippen molar-refractivity contribution in [2.75, 3.05) is 0 Å². The molecule has 0 saturated carbocycles. The highest BCUT2D eigenvalue weighted by Crippen LogP contribution is 2.39. The van der Waals surface area contributed by atoms with E-state index in [1.54, 1.807) is 0 Å². The second-order valence-electron chi connectivity index (χ2n) is 5.20. The molecular weight excluding hydrogens is 158 g/mol. The molecule has 0 aliphatic heterocycles. The van der Waals surface area contributed by atoms with E-state index in [1.165, 1.54) is 12.8 Å². The van der Waals surface area contributed by atoms with Gasteiger partial charge in [0.25, 0.3) is 0 Å². The first-order chi connectivity index (χ1) is 5.77. The summed E-state index contributed by atoms with van der Waals surface area (Å²) in [6, 6.07) is 0. The average molecular weight is 183 g/mol. The van der Waals surface area contributed by atoms with Gasteiger partial charge in [-0.3, -0.25) is 0 Å². The minimum atomic E-state index is 0.0702. The Bertz CT molecular complexity index is 176. The van der Waals surface area contributed by atoms with Crippen molar-refractivity contribution in [1.29, 1.82) is 5.41 Å². The van der Waals surface area contributed by atoms with Crippen LogP contribution in [-0.4, -0.2) is 5.71 Å². The Morgan fingerprint density at radius 2 is 1.46 bits per heavy atom. The van der Waals surface area contributed by atoms with Gasteiger partial charge in [0.1, 0.15) is 0 Å². The Labute approximate surface area is 83.4 Å². The Kier molecular flexibility index (Phi) is 4.15. The molecular formula is C12H25N. The minimum Gasteiger partial charge on any atom is -0.309 e. The van der Waals surface area contributed by atoms with E-state index in [-0.39, 0.29) is 5.41 Å². The summed E-state index contributed by atoms with van der Waals surface area (Å²) in [6.07, 6.45) is 3.54. The Morgan fingerprint density at radius 1 is 1.08 bits per heavy atom. The molecule has 0 aromatic heterocycles. The molecule has 0 fully saturated rings. The van der Waals surface area contributed by atoms with Gasteiger partial charge in [-0.15, -0.1) is 0 Å². The third-order valence-electron chi connectivity index (χ3n) is 3.59. The molecule has 0 aliphatic carbocycles. The Balaban J connectivity index is 4.48. The molecule has 0 bridgehead atoms. The zero-order chi connectivity index (χ0) is 10.7. The van der Waals surface area contributed by atoms with Crippen LogP contribution in [0.5, 0.6) is 0 Å². The van der Waals surface area contributed by atoms with Gasteiger partial charge in [0.2, 0.25) is 0 Å². The summed E-state index contributed by atoms with van der Waals surface area (Å²) < 4.78 is 0. The van der Waals surface area contributed by atoms with Gasteiger partial charge >= 0.3 is 0 Å². The molecule has 0 atom stereocenters. The van der Waals surface area contributed by atoms with Crippen LogP contribution in [-0.2, 0) is 0 Å². The molecule has 0 radical (unpaired) electrons. The van der Waals surface area contributed by atoms with Crippen LogP contribution in [0.1, 0.15) is 60.8 Å². The van der Waals surface area contributed by atoms with Gasteiger partial charge in [0.05, 0.1) is 0 Å². The fourth-order valence-corrected chi connectivity index (χ4v) is 1.70. The number of hydrogen-bond donors (Lipinski definition) is 1. The molecule has 0 aromatic rings. The summed E-state index contributed by atoms with van der Waals surface area (Å²) in [5.41, 5.74) is 1.28. The normalized spacial score (nSPS) is 13.1. The summed E-state index contributed by atoms with van der Waals surface area (Å²) >= 11 is 0. The van der Waals surface area contributed by atoms with E-state index >= 15 is 0 Å². The van der Waals surface area contributed by atoms with Gasteiger partial charge in [-0.1, -0.05) is 47.5 Å². The molecule has 0 spiro atoms. The molecule has 1 N–H and O–H groups in total. The number of rotatable bonds is 5. The predicted octanol–water partition coefficient (Wildman–Crippen LogP) is 4.27. The van der Waals surface area contributed by atoms with Crippen LogP contribution in [0, 0.1) is 16.2 Å². The SMILES string of the molecule is CCC(C)(CC)CC(C)(C)C(C)=N. The van der Waals surface area contributed by atoms with E-state index in [1.807, 2.05) is 6.92 Å². The molecule has 0 saturated heterocycles. The molecule has 0 aromatic carbocycles. The molecule has 0 aliphatic rings. The van der Waals surface area contributed by atoms with Crippen molar-refractivity contribution in [2.45, 2.75) is 60.8 Å². The second-order valence-corrected chi connectivity index (χ2v) is 5.20. The van der Waals surface area contributed by atoms with Gasteiger partial charge in [-0.25, -0.2) is 0 Å². The van der Waals surface area contributed by atoms with Crippen molar-refractivity contribution in [1.82, 2.24) is 0 Å². The van der Waals surface area contributed by atoms with E-state index in [0.29, 0.717) is 5.41 Å². The first-order valence-corrected chi connectivity index (χ1v) is 5.33. The highest BCUT2D eigenvalue weighted by atomic mass is 14.5. The van der Waals surface area contributed by atoms with Gasteiger partial charge in [0, 0.05) is 11.1 Å². The fourth-order valence-electron chi connectivity index (χ4n) is 1.70. The van der Waals surface area contributed by atoms with E-state index in [9.17, 15) is 0 Å². The van der Waals surface area contributed by atoms with Crippen molar-refractivity contribution in [3.8, 4) is 0 Å². The molecule has 0 heterocycles. The predicted molar refractivity (Wildman–Crippen MR) is 60.5 cm³/mol. The lowest BCUT2D eigenvalue weighted by Gasteiger charge is -2.36. The summed E-state index contributed by atoms with van der Waals surface area (Å²) in [7, 11) is 0. The highest BCUT2D eigenvalue weighted by Gasteiger charge is 2.30. The lowest BCUT2D eigenvalue weighted by atomic mass is 9.69. The summed E-state index contributed by atoms with van der Waals surface area (Å²) in [5, 5.41) is 7.73. The van der Waals surface area contributed by atoms with Crippen LogP contribution in [0.2, 0.25) is 0 Å². The quantitative estimate of drug-likeness (QED) is 0.615. The van der Waals surface area contributed by atoms with Gasteiger partial charge < -0.3 is 5.41 Å². The smallest absolute Gasteiger partial charge is 0.0115 e.